The first kappa shape index (κ1) is 17.5. The Kier molecular flexibility index (Phi) is 5.71. The molecule has 6 nitrogen and oxygen atoms in total. The van der Waals surface area contributed by atoms with Gasteiger partial charge < -0.3 is 20.3 Å². The number of aromatic nitrogens is 1. The third-order valence-corrected chi connectivity index (χ3v) is 4.69. The van der Waals surface area contributed by atoms with Crippen LogP contribution in [-0.4, -0.2) is 28.8 Å². The minimum absolute atomic E-state index is 0.0517. The van der Waals surface area contributed by atoms with Crippen LogP contribution in [-0.2, 0) is 19.4 Å². The van der Waals surface area contributed by atoms with Crippen molar-refractivity contribution < 1.29 is 14.4 Å². The van der Waals surface area contributed by atoms with E-state index in [1.165, 1.54) is 18.4 Å². The van der Waals surface area contributed by atoms with Gasteiger partial charge in [0.1, 0.15) is 11.5 Å². The van der Waals surface area contributed by atoms with Crippen LogP contribution < -0.4 is 10.6 Å². The lowest BCUT2D eigenvalue weighted by Gasteiger charge is -2.14. The standard InChI is InChI=1S/C19H25N3O3/c1-2-14(12-23)21-19(24)13-7-9-15(10-8-13)20-11-17-16-5-3-4-6-18(16)25-22-17/h7-10,14,20,23H,2-6,11-12H2,1H3,(H,21,24)/t14-/m1/s1. The van der Waals surface area contributed by atoms with Gasteiger partial charge in [-0.2, -0.15) is 0 Å². The first-order valence-corrected chi connectivity index (χ1v) is 8.93. The molecule has 0 spiro atoms. The van der Waals surface area contributed by atoms with Gasteiger partial charge in [-0.25, -0.2) is 0 Å². The van der Waals surface area contributed by atoms with Crippen molar-refractivity contribution in [2.75, 3.05) is 11.9 Å². The van der Waals surface area contributed by atoms with Crippen LogP contribution in [0.25, 0.3) is 0 Å². The van der Waals surface area contributed by atoms with Crippen LogP contribution in [0.3, 0.4) is 0 Å². The third-order valence-electron chi connectivity index (χ3n) is 4.69. The summed E-state index contributed by atoms with van der Waals surface area (Å²) < 4.78 is 5.42. The summed E-state index contributed by atoms with van der Waals surface area (Å²) in [5.74, 6) is 0.863. The summed E-state index contributed by atoms with van der Waals surface area (Å²) in [6.45, 7) is 2.49. The van der Waals surface area contributed by atoms with E-state index in [1.54, 1.807) is 12.1 Å². The van der Waals surface area contributed by atoms with Crippen molar-refractivity contribution in [1.82, 2.24) is 10.5 Å². The Hall–Kier alpha value is -2.34. The molecule has 1 aromatic carbocycles. The van der Waals surface area contributed by atoms with Crippen molar-refractivity contribution in [3.8, 4) is 0 Å². The predicted molar refractivity (Wildman–Crippen MR) is 95.5 cm³/mol. The van der Waals surface area contributed by atoms with Gasteiger partial charge in [0, 0.05) is 23.2 Å². The van der Waals surface area contributed by atoms with E-state index in [-0.39, 0.29) is 18.6 Å². The molecule has 0 saturated heterocycles. The maximum absolute atomic E-state index is 12.1. The fourth-order valence-corrected chi connectivity index (χ4v) is 3.06. The van der Waals surface area contributed by atoms with Gasteiger partial charge in [0.15, 0.2) is 0 Å². The fraction of sp³-hybridized carbons (Fsp3) is 0.474. The SMILES string of the molecule is CC[C@H](CO)NC(=O)c1ccc(NCc2noc3c2CCCC3)cc1. The summed E-state index contributed by atoms with van der Waals surface area (Å²) in [5.41, 5.74) is 3.74. The van der Waals surface area contributed by atoms with E-state index < -0.39 is 0 Å². The zero-order chi connectivity index (χ0) is 17.6. The van der Waals surface area contributed by atoms with Crippen LogP contribution >= 0.6 is 0 Å². The number of nitrogens with one attached hydrogen (secondary N) is 2. The molecule has 134 valence electrons. The molecule has 6 heteroatoms. The first-order chi connectivity index (χ1) is 12.2. The lowest BCUT2D eigenvalue weighted by molar-refractivity contribution is 0.0915. The number of rotatable bonds is 7. The first-order valence-electron chi connectivity index (χ1n) is 8.93. The lowest BCUT2D eigenvalue weighted by Crippen LogP contribution is -2.36. The molecule has 0 saturated carbocycles. The maximum Gasteiger partial charge on any atom is 0.251 e. The molecule has 1 aromatic heterocycles. The van der Waals surface area contributed by atoms with Crippen molar-refractivity contribution in [3.05, 3.63) is 46.8 Å². The minimum atomic E-state index is -0.205. The monoisotopic (exact) mass is 343 g/mol. The molecule has 0 radical (unpaired) electrons. The lowest BCUT2D eigenvalue weighted by atomic mass is 9.96. The number of carbonyl (C=O) groups is 1. The van der Waals surface area contributed by atoms with Gasteiger partial charge in [0.25, 0.3) is 5.91 Å². The summed E-state index contributed by atoms with van der Waals surface area (Å²) in [6.07, 6.45) is 5.09. The third kappa shape index (κ3) is 4.20. The second kappa shape index (κ2) is 8.16. The fourth-order valence-electron chi connectivity index (χ4n) is 3.06. The maximum atomic E-state index is 12.1. The number of anilines is 1. The number of nitrogens with zero attached hydrogens (tertiary/aromatic N) is 1. The number of fused-ring (bicyclic) bond motifs is 1. The van der Waals surface area contributed by atoms with Gasteiger partial charge in [0.05, 0.1) is 19.2 Å². The molecule has 1 aliphatic carbocycles. The van der Waals surface area contributed by atoms with Crippen molar-refractivity contribution in [1.29, 1.82) is 0 Å². The van der Waals surface area contributed by atoms with Crippen molar-refractivity contribution in [2.24, 2.45) is 0 Å². The number of aliphatic hydroxyl groups is 1. The Labute approximate surface area is 147 Å². The number of benzene rings is 1. The summed E-state index contributed by atoms with van der Waals surface area (Å²) in [5, 5.41) is 19.5. The second-order valence-electron chi connectivity index (χ2n) is 6.43. The molecule has 0 aliphatic heterocycles. The molecule has 1 heterocycles. The highest BCUT2D eigenvalue weighted by Crippen LogP contribution is 2.24. The molecule has 0 bridgehead atoms. The van der Waals surface area contributed by atoms with Crippen LogP contribution in [0.5, 0.6) is 0 Å². The molecule has 1 amide bonds. The Morgan fingerprint density at radius 2 is 2.04 bits per heavy atom. The zero-order valence-corrected chi connectivity index (χ0v) is 14.5. The van der Waals surface area contributed by atoms with Gasteiger partial charge in [-0.3, -0.25) is 4.79 Å². The number of hydrogen-bond acceptors (Lipinski definition) is 5. The van der Waals surface area contributed by atoms with Crippen LogP contribution in [0.1, 0.15) is 53.6 Å². The van der Waals surface area contributed by atoms with E-state index in [0.29, 0.717) is 18.5 Å². The smallest absolute Gasteiger partial charge is 0.251 e. The molecule has 3 N–H and O–H groups in total. The van der Waals surface area contributed by atoms with E-state index in [0.717, 1.165) is 30.0 Å². The number of hydrogen-bond donors (Lipinski definition) is 3. The van der Waals surface area contributed by atoms with Crippen LogP contribution in [0.4, 0.5) is 5.69 Å². The highest BCUT2D eigenvalue weighted by Gasteiger charge is 2.19. The molecule has 2 aromatic rings. The molecule has 0 unspecified atom stereocenters. The zero-order valence-electron chi connectivity index (χ0n) is 14.5. The van der Waals surface area contributed by atoms with Crippen LogP contribution in [0, 0.1) is 0 Å². The molecule has 1 atom stereocenters. The Balaban J connectivity index is 1.57. The van der Waals surface area contributed by atoms with E-state index in [2.05, 4.69) is 15.8 Å². The summed E-state index contributed by atoms with van der Waals surface area (Å²) in [4.78, 5) is 12.1. The Morgan fingerprint density at radius 3 is 2.76 bits per heavy atom. The highest BCUT2D eigenvalue weighted by molar-refractivity contribution is 5.94. The average molecular weight is 343 g/mol. The highest BCUT2D eigenvalue weighted by atomic mass is 16.5. The second-order valence-corrected chi connectivity index (χ2v) is 6.43. The molecule has 25 heavy (non-hydrogen) atoms. The summed E-state index contributed by atoms with van der Waals surface area (Å²) in [6, 6.07) is 7.10. The number of aliphatic hydroxyl groups excluding tert-OH is 1. The molecular formula is C19H25N3O3. The summed E-state index contributed by atoms with van der Waals surface area (Å²) in [7, 11) is 0. The van der Waals surface area contributed by atoms with Gasteiger partial charge in [-0.15, -0.1) is 0 Å². The van der Waals surface area contributed by atoms with Crippen LogP contribution in [0.2, 0.25) is 0 Å². The van der Waals surface area contributed by atoms with Crippen molar-refractivity contribution >= 4 is 11.6 Å². The molecule has 0 fully saturated rings. The van der Waals surface area contributed by atoms with Crippen LogP contribution in [0.15, 0.2) is 28.8 Å². The minimum Gasteiger partial charge on any atom is -0.394 e. The summed E-state index contributed by atoms with van der Waals surface area (Å²) >= 11 is 0. The number of carbonyl (C=O) groups excluding carboxylic acids is 1. The van der Waals surface area contributed by atoms with Crippen molar-refractivity contribution in [2.45, 2.75) is 51.6 Å². The van der Waals surface area contributed by atoms with E-state index >= 15 is 0 Å². The molecule has 3 rings (SSSR count). The Bertz CT molecular complexity index is 705. The number of amides is 1. The topological polar surface area (TPSA) is 87.4 Å². The average Bonchev–Trinajstić information content (AvgIpc) is 3.08. The van der Waals surface area contributed by atoms with Gasteiger partial charge in [0.2, 0.25) is 0 Å². The largest absolute Gasteiger partial charge is 0.394 e. The predicted octanol–water partition coefficient (Wildman–Crippen LogP) is 2.67. The van der Waals surface area contributed by atoms with E-state index in [1.807, 2.05) is 19.1 Å². The quantitative estimate of drug-likeness (QED) is 0.719. The van der Waals surface area contributed by atoms with Gasteiger partial charge in [-0.05, 0) is 49.9 Å². The normalized spacial score (nSPS) is 14.6. The van der Waals surface area contributed by atoms with Crippen molar-refractivity contribution in [3.63, 3.8) is 0 Å². The molecule has 1 aliphatic rings. The van der Waals surface area contributed by atoms with Gasteiger partial charge in [-0.1, -0.05) is 12.1 Å². The molecular weight excluding hydrogens is 318 g/mol. The Morgan fingerprint density at radius 1 is 1.28 bits per heavy atom. The van der Waals surface area contributed by atoms with Gasteiger partial charge >= 0.3 is 0 Å². The van der Waals surface area contributed by atoms with E-state index in [4.69, 9.17) is 4.52 Å². The van der Waals surface area contributed by atoms with E-state index in [9.17, 15) is 9.90 Å². The number of aryl methyl sites for hydroxylation is 1.